The number of nitrogens with one attached hydrogen (secondary N) is 1. The molecule has 1 atom stereocenters. The van der Waals surface area contributed by atoms with Gasteiger partial charge >= 0.3 is 0 Å². The average Bonchev–Trinajstić information content (AvgIpc) is 2.77. The third kappa shape index (κ3) is 4.01. The number of fused-ring (bicyclic) bond motifs is 1. The number of rotatable bonds is 4. The van der Waals surface area contributed by atoms with Crippen LogP contribution in [0.1, 0.15) is 18.4 Å². The van der Waals surface area contributed by atoms with Crippen molar-refractivity contribution in [3.63, 3.8) is 0 Å². The Morgan fingerprint density at radius 3 is 2.71 bits per heavy atom. The zero-order valence-electron chi connectivity index (χ0n) is 15.5. The Balaban J connectivity index is 1.24. The topological polar surface area (TPSA) is 87.5 Å². The number of amides is 1. The molecule has 0 unspecified atom stereocenters. The molecule has 0 bridgehead atoms. The lowest BCUT2D eigenvalue weighted by atomic mass is 9.96. The Kier molecular flexibility index (Phi) is 5.29. The molecule has 1 aromatic heterocycles. The number of hydrogen-bond acceptors (Lipinski definition) is 6. The number of pyridine rings is 1. The molecule has 4 rings (SSSR count). The summed E-state index contributed by atoms with van der Waals surface area (Å²) in [6.07, 6.45) is 2.96. The first-order valence-corrected chi connectivity index (χ1v) is 9.50. The van der Waals surface area contributed by atoms with Crippen molar-refractivity contribution in [3.8, 4) is 17.6 Å². The molecule has 1 saturated heterocycles. The molecule has 7 nitrogen and oxygen atoms in total. The van der Waals surface area contributed by atoms with Gasteiger partial charge in [0.1, 0.15) is 24.6 Å². The first-order valence-electron chi connectivity index (χ1n) is 9.50. The quantitative estimate of drug-likeness (QED) is 0.877. The molecule has 144 valence electrons. The highest BCUT2D eigenvalue weighted by atomic mass is 16.6. The molecule has 2 aromatic rings. The van der Waals surface area contributed by atoms with Gasteiger partial charge in [0.15, 0.2) is 11.5 Å². The molecule has 0 saturated carbocycles. The molecule has 0 aliphatic carbocycles. The summed E-state index contributed by atoms with van der Waals surface area (Å²) in [4.78, 5) is 19.0. The zero-order chi connectivity index (χ0) is 19.3. The number of benzene rings is 1. The minimum Gasteiger partial charge on any atom is -0.486 e. The van der Waals surface area contributed by atoms with Crippen LogP contribution in [0.4, 0.5) is 5.82 Å². The van der Waals surface area contributed by atoms with Crippen LogP contribution in [-0.4, -0.2) is 43.2 Å². The second kappa shape index (κ2) is 8.17. The van der Waals surface area contributed by atoms with Gasteiger partial charge in [-0.05, 0) is 37.1 Å². The molecule has 2 aliphatic rings. The van der Waals surface area contributed by atoms with Crippen molar-refractivity contribution >= 4 is 11.7 Å². The summed E-state index contributed by atoms with van der Waals surface area (Å²) in [6, 6.07) is 13.3. The van der Waals surface area contributed by atoms with Gasteiger partial charge in [-0.1, -0.05) is 12.1 Å². The van der Waals surface area contributed by atoms with Gasteiger partial charge in [-0.2, -0.15) is 5.26 Å². The van der Waals surface area contributed by atoms with Crippen molar-refractivity contribution in [2.75, 3.05) is 31.1 Å². The van der Waals surface area contributed by atoms with E-state index < -0.39 is 0 Å². The van der Waals surface area contributed by atoms with Gasteiger partial charge in [0.2, 0.25) is 5.91 Å². The number of aromatic nitrogens is 1. The Morgan fingerprint density at radius 1 is 1.21 bits per heavy atom. The number of carbonyl (C=O) groups excluding carboxylic acids is 1. The molecular formula is C21H22N4O3. The summed E-state index contributed by atoms with van der Waals surface area (Å²) in [7, 11) is 0. The van der Waals surface area contributed by atoms with Crippen LogP contribution < -0.4 is 19.7 Å². The molecule has 1 N–H and O–H groups in total. The van der Waals surface area contributed by atoms with E-state index in [0.29, 0.717) is 18.7 Å². The third-order valence-electron chi connectivity index (χ3n) is 5.14. The fraction of sp³-hybridized carbons (Fsp3) is 0.381. The average molecular weight is 378 g/mol. The van der Waals surface area contributed by atoms with E-state index in [1.807, 2.05) is 30.3 Å². The third-order valence-corrected chi connectivity index (χ3v) is 5.14. The predicted octanol–water partition coefficient (Wildman–Crippen LogP) is 2.13. The van der Waals surface area contributed by atoms with Crippen LogP contribution in [-0.2, 0) is 4.79 Å². The maximum atomic E-state index is 12.5. The Hall–Kier alpha value is -3.27. The number of nitrogens with zero attached hydrogens (tertiary/aromatic N) is 3. The second-order valence-corrected chi connectivity index (χ2v) is 7.02. The monoisotopic (exact) mass is 378 g/mol. The fourth-order valence-electron chi connectivity index (χ4n) is 3.53. The molecule has 3 heterocycles. The predicted molar refractivity (Wildman–Crippen MR) is 103 cm³/mol. The number of carbonyl (C=O) groups is 1. The van der Waals surface area contributed by atoms with E-state index >= 15 is 0 Å². The van der Waals surface area contributed by atoms with E-state index in [1.165, 1.54) is 0 Å². The highest BCUT2D eigenvalue weighted by molar-refractivity contribution is 5.79. The van der Waals surface area contributed by atoms with E-state index in [4.69, 9.17) is 14.7 Å². The van der Waals surface area contributed by atoms with Crippen molar-refractivity contribution < 1.29 is 14.3 Å². The highest BCUT2D eigenvalue weighted by Crippen LogP contribution is 2.30. The van der Waals surface area contributed by atoms with Crippen LogP contribution in [0.5, 0.6) is 11.5 Å². The van der Waals surface area contributed by atoms with Crippen molar-refractivity contribution in [1.29, 1.82) is 5.26 Å². The molecule has 2 aliphatic heterocycles. The lowest BCUT2D eigenvalue weighted by Crippen LogP contribution is -2.45. The van der Waals surface area contributed by atoms with Crippen LogP contribution in [0.25, 0.3) is 0 Å². The van der Waals surface area contributed by atoms with E-state index in [2.05, 4.69) is 21.3 Å². The number of anilines is 1. The van der Waals surface area contributed by atoms with Crippen LogP contribution >= 0.6 is 0 Å². The van der Waals surface area contributed by atoms with Gasteiger partial charge in [-0.3, -0.25) is 4.79 Å². The lowest BCUT2D eigenvalue weighted by molar-refractivity contribution is -0.126. The van der Waals surface area contributed by atoms with Crippen LogP contribution in [0.3, 0.4) is 0 Å². The SMILES string of the molecule is N#Cc1ccc(N2CCC(C(=O)NC[C@@H]3COc4ccccc4O3)CC2)nc1. The van der Waals surface area contributed by atoms with E-state index in [9.17, 15) is 4.79 Å². The summed E-state index contributed by atoms with van der Waals surface area (Å²) >= 11 is 0. The lowest BCUT2D eigenvalue weighted by Gasteiger charge is -2.32. The Labute approximate surface area is 163 Å². The second-order valence-electron chi connectivity index (χ2n) is 7.02. The molecule has 0 radical (unpaired) electrons. The molecule has 1 amide bonds. The smallest absolute Gasteiger partial charge is 0.223 e. The molecule has 1 aromatic carbocycles. The molecular weight excluding hydrogens is 356 g/mol. The van der Waals surface area contributed by atoms with Crippen molar-refractivity contribution in [2.45, 2.75) is 18.9 Å². The van der Waals surface area contributed by atoms with Crippen molar-refractivity contribution in [2.24, 2.45) is 5.92 Å². The van der Waals surface area contributed by atoms with Gasteiger partial charge in [-0.15, -0.1) is 0 Å². The number of nitriles is 1. The maximum Gasteiger partial charge on any atom is 0.223 e. The van der Waals surface area contributed by atoms with Gasteiger partial charge in [-0.25, -0.2) is 4.98 Å². The number of hydrogen-bond donors (Lipinski definition) is 1. The summed E-state index contributed by atoms with van der Waals surface area (Å²) < 4.78 is 11.6. The summed E-state index contributed by atoms with van der Waals surface area (Å²) in [6.45, 7) is 2.41. The number of piperidine rings is 1. The minimum absolute atomic E-state index is 0.00794. The summed E-state index contributed by atoms with van der Waals surface area (Å²) in [5, 5.41) is 11.9. The number of para-hydroxylation sites is 2. The van der Waals surface area contributed by atoms with Gasteiger partial charge < -0.3 is 19.7 Å². The normalized spacial score (nSPS) is 19.0. The molecule has 0 spiro atoms. The van der Waals surface area contributed by atoms with Crippen molar-refractivity contribution in [1.82, 2.24) is 10.3 Å². The molecule has 7 heteroatoms. The largest absolute Gasteiger partial charge is 0.486 e. The standard InChI is InChI=1S/C21H22N4O3/c22-11-15-5-6-20(23-12-15)25-9-7-16(8-10-25)21(26)24-13-17-14-27-18-3-1-2-4-19(18)28-17/h1-6,12,16-17H,7-10,13-14H2,(H,24,26)/t17-/m1/s1. The first-order chi connectivity index (χ1) is 13.7. The van der Waals surface area contributed by atoms with Crippen LogP contribution in [0.2, 0.25) is 0 Å². The summed E-state index contributed by atoms with van der Waals surface area (Å²) in [5.74, 6) is 2.37. The van der Waals surface area contributed by atoms with Gasteiger partial charge in [0, 0.05) is 25.2 Å². The van der Waals surface area contributed by atoms with Gasteiger partial charge in [0.05, 0.1) is 12.1 Å². The maximum absolute atomic E-state index is 12.5. The van der Waals surface area contributed by atoms with E-state index in [1.54, 1.807) is 12.3 Å². The Bertz CT molecular complexity index is 870. The number of ether oxygens (including phenoxy) is 2. The highest BCUT2D eigenvalue weighted by Gasteiger charge is 2.27. The van der Waals surface area contributed by atoms with Crippen LogP contribution in [0, 0.1) is 17.2 Å². The van der Waals surface area contributed by atoms with E-state index in [-0.39, 0.29) is 17.9 Å². The van der Waals surface area contributed by atoms with E-state index in [0.717, 1.165) is 43.2 Å². The Morgan fingerprint density at radius 2 is 2.00 bits per heavy atom. The van der Waals surface area contributed by atoms with Gasteiger partial charge in [0.25, 0.3) is 0 Å². The summed E-state index contributed by atoms with van der Waals surface area (Å²) in [5.41, 5.74) is 0.551. The molecule has 1 fully saturated rings. The van der Waals surface area contributed by atoms with Crippen molar-refractivity contribution in [3.05, 3.63) is 48.2 Å². The first kappa shape index (κ1) is 18.1. The molecule has 28 heavy (non-hydrogen) atoms. The minimum atomic E-state index is -0.179. The van der Waals surface area contributed by atoms with Crippen LogP contribution in [0.15, 0.2) is 42.6 Å². The zero-order valence-corrected chi connectivity index (χ0v) is 15.5. The fourth-order valence-corrected chi connectivity index (χ4v) is 3.53.